The summed E-state index contributed by atoms with van der Waals surface area (Å²) in [5, 5.41) is 5.90. The Morgan fingerprint density at radius 1 is 1.28 bits per heavy atom. The Morgan fingerprint density at radius 3 is 2.60 bits per heavy atom. The number of halogens is 2. The molecule has 0 aliphatic carbocycles. The van der Waals surface area contributed by atoms with Gasteiger partial charge in [0, 0.05) is 38.8 Å². The van der Waals surface area contributed by atoms with Crippen molar-refractivity contribution in [3.63, 3.8) is 0 Å². The van der Waals surface area contributed by atoms with Crippen molar-refractivity contribution in [3.8, 4) is 0 Å². The standard InChI is InChI=1S/C15H23FN4O3S.HI/c1-17-15(19-12-13-4-2-3-5-14(13)16)18-6-11-24(21,22)20-7-9-23-10-8-20;/h2-5H,6-12H2,1H3,(H2,17,18,19);1H. The molecular formula is C15H24FIN4O3S. The molecule has 1 aromatic rings. The molecule has 0 spiro atoms. The molecule has 0 bridgehead atoms. The lowest BCUT2D eigenvalue weighted by atomic mass is 10.2. The fourth-order valence-electron chi connectivity index (χ4n) is 2.29. The van der Waals surface area contributed by atoms with Crippen molar-refractivity contribution < 1.29 is 17.5 Å². The Balaban J connectivity index is 0.00000312. The molecule has 1 fully saturated rings. The van der Waals surface area contributed by atoms with Gasteiger partial charge < -0.3 is 15.4 Å². The van der Waals surface area contributed by atoms with E-state index in [0.717, 1.165) is 0 Å². The van der Waals surface area contributed by atoms with E-state index in [4.69, 9.17) is 4.74 Å². The molecular weight excluding hydrogens is 462 g/mol. The Morgan fingerprint density at radius 2 is 1.96 bits per heavy atom. The van der Waals surface area contributed by atoms with Gasteiger partial charge in [-0.25, -0.2) is 12.8 Å². The summed E-state index contributed by atoms with van der Waals surface area (Å²) in [7, 11) is -1.74. The Labute approximate surface area is 165 Å². The van der Waals surface area contributed by atoms with Crippen LogP contribution in [0.1, 0.15) is 5.56 Å². The number of morpholine rings is 1. The number of rotatable bonds is 6. The lowest BCUT2D eigenvalue weighted by molar-refractivity contribution is 0.0730. The van der Waals surface area contributed by atoms with Gasteiger partial charge in [-0.05, 0) is 6.07 Å². The Hall–Kier alpha value is -0.980. The van der Waals surface area contributed by atoms with E-state index in [-0.39, 0.29) is 48.6 Å². The highest BCUT2D eigenvalue weighted by atomic mass is 127. The van der Waals surface area contributed by atoms with E-state index in [0.29, 0.717) is 37.8 Å². The van der Waals surface area contributed by atoms with Crippen LogP contribution in [0.3, 0.4) is 0 Å². The molecule has 25 heavy (non-hydrogen) atoms. The quantitative estimate of drug-likeness (QED) is 0.353. The monoisotopic (exact) mass is 486 g/mol. The van der Waals surface area contributed by atoms with Crippen LogP contribution >= 0.6 is 24.0 Å². The molecule has 1 saturated heterocycles. The summed E-state index contributed by atoms with van der Waals surface area (Å²) in [6.07, 6.45) is 0. The number of hydrogen-bond acceptors (Lipinski definition) is 4. The van der Waals surface area contributed by atoms with Crippen molar-refractivity contribution in [2.75, 3.05) is 45.6 Å². The van der Waals surface area contributed by atoms with Gasteiger partial charge in [-0.3, -0.25) is 4.99 Å². The SMILES string of the molecule is CN=C(NCCS(=O)(=O)N1CCOCC1)NCc1ccccc1F.I. The molecule has 0 saturated carbocycles. The van der Waals surface area contributed by atoms with Gasteiger partial charge in [-0.15, -0.1) is 24.0 Å². The van der Waals surface area contributed by atoms with Gasteiger partial charge in [0.15, 0.2) is 5.96 Å². The molecule has 142 valence electrons. The number of nitrogens with zero attached hydrogens (tertiary/aromatic N) is 2. The Bertz CT molecular complexity index is 666. The first-order valence-electron chi connectivity index (χ1n) is 7.76. The second-order valence-electron chi connectivity index (χ2n) is 5.27. The summed E-state index contributed by atoms with van der Waals surface area (Å²) in [5.74, 6) is 0.0960. The molecule has 2 N–H and O–H groups in total. The number of benzene rings is 1. The molecule has 0 atom stereocenters. The normalized spacial score (nSPS) is 16.2. The zero-order valence-electron chi connectivity index (χ0n) is 14.1. The van der Waals surface area contributed by atoms with Crippen molar-refractivity contribution in [1.82, 2.24) is 14.9 Å². The maximum absolute atomic E-state index is 13.6. The van der Waals surface area contributed by atoms with Gasteiger partial charge in [0.05, 0.1) is 19.0 Å². The van der Waals surface area contributed by atoms with E-state index < -0.39 is 10.0 Å². The third-order valence-electron chi connectivity index (χ3n) is 3.64. The number of aliphatic imine (C=N–C) groups is 1. The minimum atomic E-state index is -3.31. The van der Waals surface area contributed by atoms with Crippen LogP contribution in [-0.2, 0) is 21.3 Å². The van der Waals surface area contributed by atoms with Gasteiger partial charge >= 0.3 is 0 Å². The fraction of sp³-hybridized carbons (Fsp3) is 0.533. The highest BCUT2D eigenvalue weighted by Crippen LogP contribution is 2.06. The Kier molecular flexibility index (Phi) is 9.61. The van der Waals surface area contributed by atoms with Crippen LogP contribution in [0, 0.1) is 5.82 Å². The van der Waals surface area contributed by atoms with Gasteiger partial charge in [0.2, 0.25) is 10.0 Å². The predicted molar refractivity (Wildman–Crippen MR) is 106 cm³/mol. The highest BCUT2D eigenvalue weighted by Gasteiger charge is 2.23. The van der Waals surface area contributed by atoms with Crippen LogP contribution in [-0.4, -0.2) is 64.3 Å². The molecule has 0 aromatic heterocycles. The summed E-state index contributed by atoms with van der Waals surface area (Å²) < 4.78 is 44.6. The maximum atomic E-state index is 13.6. The van der Waals surface area contributed by atoms with E-state index in [1.54, 1.807) is 25.2 Å². The molecule has 2 rings (SSSR count). The molecule has 1 aromatic carbocycles. The molecule has 0 radical (unpaired) electrons. The number of hydrogen-bond donors (Lipinski definition) is 2. The largest absolute Gasteiger partial charge is 0.379 e. The van der Waals surface area contributed by atoms with Crippen LogP contribution in [0.5, 0.6) is 0 Å². The summed E-state index contributed by atoms with van der Waals surface area (Å²) in [4.78, 5) is 4.01. The van der Waals surface area contributed by atoms with Gasteiger partial charge in [-0.2, -0.15) is 4.31 Å². The second kappa shape index (κ2) is 10.9. The van der Waals surface area contributed by atoms with E-state index in [1.807, 2.05) is 0 Å². The lowest BCUT2D eigenvalue weighted by Crippen LogP contribution is -2.45. The van der Waals surface area contributed by atoms with Crippen molar-refractivity contribution in [2.45, 2.75) is 6.54 Å². The minimum Gasteiger partial charge on any atom is -0.379 e. The van der Waals surface area contributed by atoms with Crippen molar-refractivity contribution in [2.24, 2.45) is 4.99 Å². The molecule has 1 aliphatic heterocycles. The van der Waals surface area contributed by atoms with Crippen molar-refractivity contribution in [1.29, 1.82) is 0 Å². The van der Waals surface area contributed by atoms with Crippen LogP contribution in [0.15, 0.2) is 29.3 Å². The van der Waals surface area contributed by atoms with Crippen LogP contribution in [0.2, 0.25) is 0 Å². The second-order valence-corrected chi connectivity index (χ2v) is 7.36. The third kappa shape index (κ3) is 7.04. The van der Waals surface area contributed by atoms with Crippen molar-refractivity contribution in [3.05, 3.63) is 35.6 Å². The zero-order chi connectivity index (χ0) is 17.4. The number of ether oxygens (including phenoxy) is 1. The van der Waals surface area contributed by atoms with Crippen LogP contribution < -0.4 is 10.6 Å². The summed E-state index contributed by atoms with van der Waals surface area (Å²) in [6.45, 7) is 2.13. The molecule has 0 unspecified atom stereocenters. The van der Waals surface area contributed by atoms with Gasteiger partial charge in [0.25, 0.3) is 0 Å². The smallest absolute Gasteiger partial charge is 0.215 e. The number of nitrogens with one attached hydrogen (secondary N) is 2. The van der Waals surface area contributed by atoms with E-state index in [1.165, 1.54) is 10.4 Å². The fourth-order valence-corrected chi connectivity index (χ4v) is 3.62. The van der Waals surface area contributed by atoms with Crippen molar-refractivity contribution >= 4 is 40.0 Å². The topological polar surface area (TPSA) is 83.0 Å². The average molecular weight is 486 g/mol. The van der Waals surface area contributed by atoms with Gasteiger partial charge in [0.1, 0.15) is 5.82 Å². The number of guanidine groups is 1. The average Bonchev–Trinajstić information content (AvgIpc) is 2.60. The first kappa shape index (κ1) is 22.1. The summed E-state index contributed by atoms with van der Waals surface area (Å²) in [6, 6.07) is 6.45. The molecule has 1 aliphatic rings. The first-order valence-corrected chi connectivity index (χ1v) is 9.37. The predicted octanol–water partition coefficient (Wildman–Crippen LogP) is 0.771. The first-order chi connectivity index (χ1) is 11.5. The van der Waals surface area contributed by atoms with E-state index in [2.05, 4.69) is 15.6 Å². The van der Waals surface area contributed by atoms with Gasteiger partial charge in [-0.1, -0.05) is 18.2 Å². The zero-order valence-corrected chi connectivity index (χ0v) is 17.2. The molecule has 7 nitrogen and oxygen atoms in total. The highest BCUT2D eigenvalue weighted by molar-refractivity contribution is 14.0. The minimum absolute atomic E-state index is 0. The summed E-state index contributed by atoms with van der Waals surface area (Å²) in [5.41, 5.74) is 0.515. The van der Waals surface area contributed by atoms with E-state index >= 15 is 0 Å². The molecule has 0 amide bonds. The van der Waals surface area contributed by atoms with E-state index in [9.17, 15) is 12.8 Å². The molecule has 10 heteroatoms. The number of sulfonamides is 1. The molecule has 1 heterocycles. The van der Waals surface area contributed by atoms with Crippen LogP contribution in [0.4, 0.5) is 4.39 Å². The lowest BCUT2D eigenvalue weighted by Gasteiger charge is -2.26. The maximum Gasteiger partial charge on any atom is 0.215 e. The van der Waals surface area contributed by atoms with Crippen LogP contribution in [0.25, 0.3) is 0 Å². The third-order valence-corrected chi connectivity index (χ3v) is 5.52. The summed E-state index contributed by atoms with van der Waals surface area (Å²) >= 11 is 0.